The highest BCUT2D eigenvalue weighted by molar-refractivity contribution is 9.10. The van der Waals surface area contributed by atoms with Crippen LogP contribution in [0.25, 0.3) is 0 Å². The fourth-order valence-corrected chi connectivity index (χ4v) is 2.58. The van der Waals surface area contributed by atoms with Gasteiger partial charge < -0.3 is 10.5 Å². The molecule has 0 heterocycles. The Morgan fingerprint density at radius 1 is 1.00 bits per heavy atom. The lowest BCUT2D eigenvalue weighted by molar-refractivity contribution is 0.304. The highest BCUT2D eigenvalue weighted by Crippen LogP contribution is 2.27. The predicted octanol–water partition coefficient (Wildman–Crippen LogP) is 4.15. The van der Waals surface area contributed by atoms with Gasteiger partial charge in [0, 0.05) is 0 Å². The maximum Gasteiger partial charge on any atom is 0.134 e. The predicted molar refractivity (Wildman–Crippen MR) is 87.1 cm³/mol. The van der Waals surface area contributed by atoms with Gasteiger partial charge in [0.1, 0.15) is 12.4 Å². The number of rotatable bonds is 5. The minimum absolute atomic E-state index is 0.579. The van der Waals surface area contributed by atoms with Crippen molar-refractivity contribution in [3.8, 4) is 5.75 Å². The molecule has 0 radical (unpaired) electrons. The van der Waals surface area contributed by atoms with E-state index in [2.05, 4.69) is 60.1 Å². The average molecular weight is 334 g/mol. The Morgan fingerprint density at radius 3 is 2.40 bits per heavy atom. The average Bonchev–Trinajstić information content (AvgIpc) is 2.42. The first-order valence-electron chi connectivity index (χ1n) is 6.77. The molecular formula is C17H20BrNO. The summed E-state index contributed by atoms with van der Waals surface area (Å²) in [5, 5.41) is 0. The van der Waals surface area contributed by atoms with Crippen molar-refractivity contribution in [2.24, 2.45) is 5.73 Å². The topological polar surface area (TPSA) is 35.2 Å². The fourth-order valence-electron chi connectivity index (χ4n) is 2.04. The minimum atomic E-state index is 0.579. The van der Waals surface area contributed by atoms with Gasteiger partial charge in [0.15, 0.2) is 0 Å². The van der Waals surface area contributed by atoms with Crippen LogP contribution in [0.2, 0.25) is 0 Å². The first kappa shape index (κ1) is 15.1. The lowest BCUT2D eigenvalue weighted by Gasteiger charge is -2.11. The van der Waals surface area contributed by atoms with Crippen LogP contribution in [-0.2, 0) is 13.0 Å². The third kappa shape index (κ3) is 3.84. The van der Waals surface area contributed by atoms with Crippen LogP contribution >= 0.6 is 15.9 Å². The van der Waals surface area contributed by atoms with Crippen LogP contribution in [0.4, 0.5) is 0 Å². The largest absolute Gasteiger partial charge is 0.488 e. The van der Waals surface area contributed by atoms with E-state index in [1.54, 1.807) is 0 Å². The number of hydrogen-bond donors (Lipinski definition) is 1. The molecule has 0 saturated heterocycles. The summed E-state index contributed by atoms with van der Waals surface area (Å²) in [6, 6.07) is 12.5. The summed E-state index contributed by atoms with van der Waals surface area (Å²) in [7, 11) is 0. The fraction of sp³-hybridized carbons (Fsp3) is 0.294. The van der Waals surface area contributed by atoms with E-state index in [-0.39, 0.29) is 0 Å². The molecule has 2 aromatic rings. The first-order valence-corrected chi connectivity index (χ1v) is 7.57. The highest BCUT2D eigenvalue weighted by atomic mass is 79.9. The summed E-state index contributed by atoms with van der Waals surface area (Å²) >= 11 is 3.55. The van der Waals surface area contributed by atoms with Gasteiger partial charge in [-0.1, -0.05) is 24.3 Å². The second-order valence-electron chi connectivity index (χ2n) is 5.01. The molecule has 0 spiro atoms. The Hall–Kier alpha value is -1.32. The Labute approximate surface area is 129 Å². The van der Waals surface area contributed by atoms with Gasteiger partial charge in [-0.3, -0.25) is 0 Å². The third-order valence-electron chi connectivity index (χ3n) is 3.39. The van der Waals surface area contributed by atoms with Crippen molar-refractivity contribution in [2.45, 2.75) is 26.9 Å². The lowest BCUT2D eigenvalue weighted by Crippen LogP contribution is -2.03. The van der Waals surface area contributed by atoms with E-state index in [9.17, 15) is 0 Å². The summed E-state index contributed by atoms with van der Waals surface area (Å²) in [4.78, 5) is 0. The molecule has 0 aliphatic rings. The SMILES string of the molecule is Cc1ccc(COc2ccc(CCN)cc2Br)cc1C. The highest BCUT2D eigenvalue weighted by Gasteiger charge is 2.04. The van der Waals surface area contributed by atoms with E-state index in [0.29, 0.717) is 13.2 Å². The van der Waals surface area contributed by atoms with Crippen LogP contribution in [0, 0.1) is 13.8 Å². The molecule has 2 N–H and O–H groups in total. The van der Waals surface area contributed by atoms with Crippen LogP contribution in [0.15, 0.2) is 40.9 Å². The van der Waals surface area contributed by atoms with E-state index >= 15 is 0 Å². The second kappa shape index (κ2) is 6.91. The second-order valence-corrected chi connectivity index (χ2v) is 5.87. The molecule has 0 atom stereocenters. The molecule has 3 heteroatoms. The molecule has 2 aromatic carbocycles. The minimum Gasteiger partial charge on any atom is -0.488 e. The first-order chi connectivity index (χ1) is 9.60. The van der Waals surface area contributed by atoms with E-state index in [4.69, 9.17) is 10.5 Å². The van der Waals surface area contributed by atoms with Crippen molar-refractivity contribution in [2.75, 3.05) is 6.54 Å². The third-order valence-corrected chi connectivity index (χ3v) is 4.01. The zero-order valence-electron chi connectivity index (χ0n) is 11.9. The van der Waals surface area contributed by atoms with Crippen LogP contribution in [0.3, 0.4) is 0 Å². The Balaban J connectivity index is 2.05. The maximum atomic E-state index is 5.87. The molecule has 20 heavy (non-hydrogen) atoms. The smallest absolute Gasteiger partial charge is 0.134 e. The van der Waals surface area contributed by atoms with E-state index < -0.39 is 0 Å². The van der Waals surface area contributed by atoms with Crippen molar-refractivity contribution < 1.29 is 4.74 Å². The summed E-state index contributed by atoms with van der Waals surface area (Å²) in [5.41, 5.74) is 10.6. The van der Waals surface area contributed by atoms with Gasteiger partial charge in [-0.05, 0) is 77.1 Å². The van der Waals surface area contributed by atoms with Gasteiger partial charge in [0.25, 0.3) is 0 Å². The van der Waals surface area contributed by atoms with Crippen LogP contribution in [0.1, 0.15) is 22.3 Å². The maximum absolute atomic E-state index is 5.87. The molecule has 0 aliphatic carbocycles. The van der Waals surface area contributed by atoms with E-state index in [1.165, 1.54) is 22.3 Å². The van der Waals surface area contributed by atoms with E-state index in [0.717, 1.165) is 16.6 Å². The van der Waals surface area contributed by atoms with Gasteiger partial charge in [-0.15, -0.1) is 0 Å². The number of nitrogens with two attached hydrogens (primary N) is 1. The Kier molecular flexibility index (Phi) is 5.21. The quantitative estimate of drug-likeness (QED) is 0.892. The Bertz CT molecular complexity index is 596. The van der Waals surface area contributed by atoms with Gasteiger partial charge in [-0.2, -0.15) is 0 Å². The van der Waals surface area contributed by atoms with Crippen molar-refractivity contribution in [3.63, 3.8) is 0 Å². The van der Waals surface area contributed by atoms with Crippen molar-refractivity contribution in [1.82, 2.24) is 0 Å². The zero-order chi connectivity index (χ0) is 14.5. The Morgan fingerprint density at radius 2 is 1.75 bits per heavy atom. The number of halogens is 1. The molecule has 0 aliphatic heterocycles. The molecule has 0 saturated carbocycles. The van der Waals surface area contributed by atoms with Crippen molar-refractivity contribution >= 4 is 15.9 Å². The van der Waals surface area contributed by atoms with Crippen molar-refractivity contribution in [1.29, 1.82) is 0 Å². The molecule has 2 nitrogen and oxygen atoms in total. The molecular weight excluding hydrogens is 314 g/mol. The summed E-state index contributed by atoms with van der Waals surface area (Å²) in [5.74, 6) is 0.865. The van der Waals surface area contributed by atoms with Crippen LogP contribution in [0.5, 0.6) is 5.75 Å². The normalized spacial score (nSPS) is 10.6. The molecule has 0 unspecified atom stereocenters. The number of ether oxygens (including phenoxy) is 1. The molecule has 0 amide bonds. The van der Waals surface area contributed by atoms with Gasteiger partial charge in [-0.25, -0.2) is 0 Å². The number of aryl methyl sites for hydroxylation is 2. The van der Waals surface area contributed by atoms with Gasteiger partial charge >= 0.3 is 0 Å². The van der Waals surface area contributed by atoms with Gasteiger partial charge in [0.05, 0.1) is 4.47 Å². The lowest BCUT2D eigenvalue weighted by atomic mass is 10.1. The monoisotopic (exact) mass is 333 g/mol. The molecule has 2 rings (SSSR count). The van der Waals surface area contributed by atoms with Crippen LogP contribution < -0.4 is 10.5 Å². The van der Waals surface area contributed by atoms with Crippen LogP contribution in [-0.4, -0.2) is 6.54 Å². The van der Waals surface area contributed by atoms with E-state index in [1.807, 2.05) is 6.07 Å². The molecule has 0 bridgehead atoms. The summed E-state index contributed by atoms with van der Waals surface area (Å²) in [6.07, 6.45) is 0.885. The standard InChI is InChI=1S/C17H20BrNO/c1-12-3-4-15(9-13(12)2)11-20-17-6-5-14(7-8-19)10-16(17)18/h3-6,9-10H,7-8,11,19H2,1-2H3. The molecule has 106 valence electrons. The molecule has 0 fully saturated rings. The van der Waals surface area contributed by atoms with Gasteiger partial charge in [0.2, 0.25) is 0 Å². The summed E-state index contributed by atoms with van der Waals surface area (Å²) < 4.78 is 6.85. The molecule has 0 aromatic heterocycles. The summed E-state index contributed by atoms with van der Waals surface area (Å²) in [6.45, 7) is 5.48. The van der Waals surface area contributed by atoms with Crippen molar-refractivity contribution in [3.05, 3.63) is 63.1 Å². The number of benzene rings is 2. The zero-order valence-corrected chi connectivity index (χ0v) is 13.5. The number of hydrogen-bond acceptors (Lipinski definition) is 2.